The van der Waals surface area contributed by atoms with Crippen LogP contribution < -0.4 is 5.73 Å². The largest absolute Gasteiger partial charge is 0.384 e. The summed E-state index contributed by atoms with van der Waals surface area (Å²) in [5, 5.41) is 4.45. The number of nitrogens with zero attached hydrogens (tertiary/aromatic N) is 3. The van der Waals surface area contributed by atoms with E-state index >= 15 is 0 Å². The lowest BCUT2D eigenvalue weighted by atomic mass is 10.2. The minimum absolute atomic E-state index is 0.373. The Balaban J connectivity index is 2.37. The molecule has 4 heteroatoms. The second kappa shape index (κ2) is 3.73. The Labute approximate surface area is 88.8 Å². The molecule has 4 nitrogen and oxygen atoms in total. The van der Waals surface area contributed by atoms with E-state index in [0.717, 1.165) is 11.3 Å². The summed E-state index contributed by atoms with van der Waals surface area (Å²) in [4.78, 5) is 3.95. The van der Waals surface area contributed by atoms with Crippen LogP contribution in [-0.4, -0.2) is 14.8 Å². The van der Waals surface area contributed by atoms with E-state index in [1.165, 1.54) is 0 Å². The quantitative estimate of drug-likeness (QED) is 0.811. The van der Waals surface area contributed by atoms with Gasteiger partial charge in [0.2, 0.25) is 0 Å². The van der Waals surface area contributed by atoms with Crippen LogP contribution >= 0.6 is 0 Å². The smallest absolute Gasteiger partial charge is 0.123 e. The molecule has 0 aliphatic carbocycles. The Bertz CT molecular complexity index is 459. The molecule has 0 aromatic carbocycles. The second-order valence-corrected chi connectivity index (χ2v) is 3.74. The molecule has 78 valence electrons. The van der Waals surface area contributed by atoms with Gasteiger partial charge < -0.3 is 5.73 Å². The van der Waals surface area contributed by atoms with Crippen molar-refractivity contribution in [3.8, 4) is 11.3 Å². The SMILES string of the molecule is CC(C)n1ccc(-c2ccnc(N)c2)n1. The fourth-order valence-corrected chi connectivity index (χ4v) is 1.39. The van der Waals surface area contributed by atoms with Crippen molar-refractivity contribution in [1.29, 1.82) is 0 Å². The maximum absolute atomic E-state index is 5.62. The molecule has 0 saturated carbocycles. The van der Waals surface area contributed by atoms with E-state index in [1.54, 1.807) is 6.20 Å². The molecule has 2 heterocycles. The molecular weight excluding hydrogens is 188 g/mol. The first-order valence-corrected chi connectivity index (χ1v) is 4.94. The Kier molecular flexibility index (Phi) is 2.41. The minimum Gasteiger partial charge on any atom is -0.384 e. The lowest BCUT2D eigenvalue weighted by Crippen LogP contribution is -2.00. The zero-order valence-corrected chi connectivity index (χ0v) is 8.88. The molecule has 0 amide bonds. The first-order chi connectivity index (χ1) is 7.16. The zero-order chi connectivity index (χ0) is 10.8. The predicted octanol–water partition coefficient (Wildman–Crippen LogP) is 2.11. The van der Waals surface area contributed by atoms with Crippen molar-refractivity contribution < 1.29 is 0 Å². The molecule has 0 bridgehead atoms. The van der Waals surface area contributed by atoms with Crippen LogP contribution in [-0.2, 0) is 0 Å². The van der Waals surface area contributed by atoms with Crippen molar-refractivity contribution in [2.45, 2.75) is 19.9 Å². The predicted molar refractivity (Wildman–Crippen MR) is 60.3 cm³/mol. The van der Waals surface area contributed by atoms with Crippen LogP contribution in [0.4, 0.5) is 5.82 Å². The molecule has 0 aliphatic heterocycles. The van der Waals surface area contributed by atoms with Crippen molar-refractivity contribution in [2.75, 3.05) is 5.73 Å². The third-order valence-corrected chi connectivity index (χ3v) is 2.21. The van der Waals surface area contributed by atoms with Crippen molar-refractivity contribution in [1.82, 2.24) is 14.8 Å². The van der Waals surface area contributed by atoms with Crippen LogP contribution in [0.3, 0.4) is 0 Å². The van der Waals surface area contributed by atoms with E-state index < -0.39 is 0 Å². The fraction of sp³-hybridized carbons (Fsp3) is 0.273. The van der Waals surface area contributed by atoms with Gasteiger partial charge >= 0.3 is 0 Å². The molecule has 0 atom stereocenters. The van der Waals surface area contributed by atoms with Crippen molar-refractivity contribution in [3.05, 3.63) is 30.6 Å². The number of nitrogens with two attached hydrogens (primary N) is 1. The molecule has 0 fully saturated rings. The van der Waals surface area contributed by atoms with Crippen LogP contribution in [0.2, 0.25) is 0 Å². The lowest BCUT2D eigenvalue weighted by Gasteiger charge is -2.03. The second-order valence-electron chi connectivity index (χ2n) is 3.74. The molecular formula is C11H14N4. The summed E-state index contributed by atoms with van der Waals surface area (Å²) in [6.07, 6.45) is 3.66. The Morgan fingerprint density at radius 2 is 2.13 bits per heavy atom. The van der Waals surface area contributed by atoms with Crippen molar-refractivity contribution >= 4 is 5.82 Å². The van der Waals surface area contributed by atoms with Crippen LogP contribution in [0.5, 0.6) is 0 Å². The van der Waals surface area contributed by atoms with Crippen LogP contribution in [0.1, 0.15) is 19.9 Å². The Morgan fingerprint density at radius 3 is 2.73 bits per heavy atom. The van der Waals surface area contributed by atoms with Crippen LogP contribution in [0, 0.1) is 0 Å². The number of rotatable bonds is 2. The number of aromatic nitrogens is 3. The highest BCUT2D eigenvalue weighted by molar-refractivity contribution is 5.61. The summed E-state index contributed by atoms with van der Waals surface area (Å²) < 4.78 is 1.92. The first-order valence-electron chi connectivity index (χ1n) is 4.94. The number of anilines is 1. The van der Waals surface area contributed by atoms with Gasteiger partial charge in [-0.15, -0.1) is 0 Å². The normalized spacial score (nSPS) is 10.9. The van der Waals surface area contributed by atoms with Gasteiger partial charge in [0.1, 0.15) is 5.82 Å². The standard InChI is InChI=1S/C11H14N4/c1-8(2)15-6-4-10(14-15)9-3-5-13-11(12)7-9/h3-8H,1-2H3,(H2,12,13). The highest BCUT2D eigenvalue weighted by atomic mass is 15.3. The monoisotopic (exact) mass is 202 g/mol. The summed E-state index contributed by atoms with van der Waals surface area (Å²) in [7, 11) is 0. The molecule has 2 rings (SSSR count). The van der Waals surface area contributed by atoms with Gasteiger partial charge in [0.05, 0.1) is 5.69 Å². The molecule has 0 spiro atoms. The number of hydrogen-bond acceptors (Lipinski definition) is 3. The van der Waals surface area contributed by atoms with E-state index in [0.29, 0.717) is 11.9 Å². The number of nitrogen functional groups attached to an aromatic ring is 1. The average Bonchev–Trinajstić information content (AvgIpc) is 2.66. The van der Waals surface area contributed by atoms with Crippen molar-refractivity contribution in [2.24, 2.45) is 0 Å². The molecule has 2 aromatic rings. The van der Waals surface area contributed by atoms with E-state index in [2.05, 4.69) is 23.9 Å². The van der Waals surface area contributed by atoms with E-state index in [1.807, 2.05) is 29.1 Å². The minimum atomic E-state index is 0.373. The third-order valence-electron chi connectivity index (χ3n) is 2.21. The molecule has 2 aromatic heterocycles. The van der Waals surface area contributed by atoms with E-state index in [-0.39, 0.29) is 0 Å². The van der Waals surface area contributed by atoms with E-state index in [4.69, 9.17) is 5.73 Å². The number of hydrogen-bond donors (Lipinski definition) is 1. The first kappa shape index (κ1) is 9.71. The Morgan fingerprint density at radius 1 is 1.33 bits per heavy atom. The lowest BCUT2D eigenvalue weighted by molar-refractivity contribution is 0.534. The van der Waals surface area contributed by atoms with Crippen molar-refractivity contribution in [3.63, 3.8) is 0 Å². The summed E-state index contributed by atoms with van der Waals surface area (Å²) in [5.41, 5.74) is 7.55. The van der Waals surface area contributed by atoms with E-state index in [9.17, 15) is 0 Å². The molecule has 0 radical (unpaired) electrons. The molecule has 0 unspecified atom stereocenters. The van der Waals surface area contributed by atoms with Crippen LogP contribution in [0.15, 0.2) is 30.6 Å². The van der Waals surface area contributed by atoms with Gasteiger partial charge in [0.15, 0.2) is 0 Å². The summed E-state index contributed by atoms with van der Waals surface area (Å²) in [6, 6.07) is 6.09. The maximum Gasteiger partial charge on any atom is 0.123 e. The zero-order valence-electron chi connectivity index (χ0n) is 8.88. The molecule has 0 aliphatic rings. The third kappa shape index (κ3) is 1.98. The van der Waals surface area contributed by atoms with Gasteiger partial charge in [-0.05, 0) is 32.0 Å². The summed E-state index contributed by atoms with van der Waals surface area (Å²) in [6.45, 7) is 4.19. The number of pyridine rings is 1. The molecule has 15 heavy (non-hydrogen) atoms. The van der Waals surface area contributed by atoms with Gasteiger partial charge in [-0.2, -0.15) is 5.10 Å². The fourth-order valence-electron chi connectivity index (χ4n) is 1.39. The average molecular weight is 202 g/mol. The summed E-state index contributed by atoms with van der Waals surface area (Å²) >= 11 is 0. The van der Waals surface area contributed by atoms with Gasteiger partial charge in [-0.3, -0.25) is 4.68 Å². The Hall–Kier alpha value is -1.84. The van der Waals surface area contributed by atoms with Gasteiger partial charge in [-0.25, -0.2) is 4.98 Å². The summed E-state index contributed by atoms with van der Waals surface area (Å²) in [5.74, 6) is 0.520. The van der Waals surface area contributed by atoms with Gasteiger partial charge in [0.25, 0.3) is 0 Å². The van der Waals surface area contributed by atoms with Crippen LogP contribution in [0.25, 0.3) is 11.3 Å². The molecule has 2 N–H and O–H groups in total. The topological polar surface area (TPSA) is 56.7 Å². The van der Waals surface area contributed by atoms with Gasteiger partial charge in [0, 0.05) is 24.0 Å². The highest BCUT2D eigenvalue weighted by Gasteiger charge is 2.04. The maximum atomic E-state index is 5.62. The highest BCUT2D eigenvalue weighted by Crippen LogP contribution is 2.18. The van der Waals surface area contributed by atoms with Gasteiger partial charge in [-0.1, -0.05) is 0 Å². The molecule has 0 saturated heterocycles.